The largest absolute Gasteiger partial charge is 0.394 e. The van der Waals surface area contributed by atoms with Crippen LogP contribution in [0.4, 0.5) is 0 Å². The predicted octanol–water partition coefficient (Wildman–Crippen LogP) is -1.74. The van der Waals surface area contributed by atoms with Gasteiger partial charge in [0.2, 0.25) is 5.91 Å². The zero-order chi connectivity index (χ0) is 14.0. The van der Waals surface area contributed by atoms with E-state index in [9.17, 15) is 13.2 Å². The molecule has 1 atom stereocenters. The minimum atomic E-state index is -3.09. The lowest BCUT2D eigenvalue weighted by molar-refractivity contribution is -0.122. The highest BCUT2D eigenvalue weighted by Gasteiger charge is 2.15. The number of nitrogens with two attached hydrogens (primary N) is 1. The maximum Gasteiger partial charge on any atom is 0.236 e. The molecule has 0 aromatic rings. The van der Waals surface area contributed by atoms with Gasteiger partial charge in [0.1, 0.15) is 9.84 Å². The highest BCUT2D eigenvalue weighted by atomic mass is 32.2. The number of carbonyl (C=O) groups excluding carboxylic acids is 1. The van der Waals surface area contributed by atoms with Crippen LogP contribution in [0.15, 0.2) is 0 Å². The zero-order valence-corrected chi connectivity index (χ0v) is 11.4. The molecule has 0 aromatic heterocycles. The molecule has 0 aromatic carbocycles. The van der Waals surface area contributed by atoms with Crippen molar-refractivity contribution < 1.29 is 23.1 Å². The first kappa shape index (κ1) is 17.3. The molecule has 0 fully saturated rings. The molecule has 0 aliphatic rings. The number of aliphatic hydroxyl groups excluding tert-OH is 1. The van der Waals surface area contributed by atoms with Crippen LogP contribution in [0.5, 0.6) is 0 Å². The van der Waals surface area contributed by atoms with Gasteiger partial charge >= 0.3 is 0 Å². The molecule has 0 spiro atoms. The molecule has 0 aliphatic heterocycles. The molecule has 0 saturated carbocycles. The van der Waals surface area contributed by atoms with E-state index in [1.54, 1.807) is 0 Å². The van der Waals surface area contributed by atoms with Gasteiger partial charge in [-0.25, -0.2) is 8.42 Å². The number of hydrogen-bond acceptors (Lipinski definition) is 6. The van der Waals surface area contributed by atoms with E-state index >= 15 is 0 Å². The highest BCUT2D eigenvalue weighted by Crippen LogP contribution is 1.94. The van der Waals surface area contributed by atoms with Crippen molar-refractivity contribution in [3.63, 3.8) is 0 Å². The van der Waals surface area contributed by atoms with Gasteiger partial charge in [0.05, 0.1) is 25.0 Å². The fourth-order valence-corrected chi connectivity index (χ4v) is 1.84. The molecule has 0 aliphatic carbocycles. The molecule has 0 heterocycles. The van der Waals surface area contributed by atoms with Crippen molar-refractivity contribution in [2.75, 3.05) is 38.4 Å². The van der Waals surface area contributed by atoms with E-state index in [0.717, 1.165) is 6.26 Å². The van der Waals surface area contributed by atoms with E-state index in [0.29, 0.717) is 19.6 Å². The summed E-state index contributed by atoms with van der Waals surface area (Å²) >= 11 is 0. The fraction of sp³-hybridized carbons (Fsp3) is 0.900. The Hall–Kier alpha value is -0.700. The zero-order valence-electron chi connectivity index (χ0n) is 10.6. The maximum atomic E-state index is 11.4. The highest BCUT2D eigenvalue weighted by molar-refractivity contribution is 7.90. The molecule has 108 valence electrons. The number of aliphatic hydroxyl groups is 1. The molecule has 7 nitrogen and oxygen atoms in total. The molecule has 0 bridgehead atoms. The lowest BCUT2D eigenvalue weighted by Gasteiger charge is -2.11. The van der Waals surface area contributed by atoms with Crippen molar-refractivity contribution in [1.29, 1.82) is 0 Å². The van der Waals surface area contributed by atoms with Crippen LogP contribution in [0.2, 0.25) is 0 Å². The monoisotopic (exact) mass is 282 g/mol. The first-order valence-corrected chi connectivity index (χ1v) is 7.82. The Labute approximate surface area is 108 Å². The van der Waals surface area contributed by atoms with Crippen LogP contribution in [-0.2, 0) is 19.4 Å². The van der Waals surface area contributed by atoms with Gasteiger partial charge in [0.15, 0.2) is 0 Å². The third-order valence-corrected chi connectivity index (χ3v) is 3.11. The van der Waals surface area contributed by atoms with E-state index in [4.69, 9.17) is 15.6 Å². The topological polar surface area (TPSA) is 119 Å². The number of sulfone groups is 1. The minimum Gasteiger partial charge on any atom is -0.394 e. The molecular formula is C10H22N2O5S. The first-order valence-electron chi connectivity index (χ1n) is 5.76. The van der Waals surface area contributed by atoms with E-state index in [1.807, 2.05) is 0 Å². The molecular weight excluding hydrogens is 260 g/mol. The van der Waals surface area contributed by atoms with Gasteiger partial charge < -0.3 is 20.9 Å². The summed E-state index contributed by atoms with van der Waals surface area (Å²) in [4.78, 5) is 11.4. The van der Waals surface area contributed by atoms with E-state index < -0.39 is 15.9 Å². The second-order valence-electron chi connectivity index (χ2n) is 4.01. The number of ether oxygens (including phenoxy) is 1. The molecule has 18 heavy (non-hydrogen) atoms. The van der Waals surface area contributed by atoms with Gasteiger partial charge in [-0.1, -0.05) is 0 Å². The lowest BCUT2D eigenvalue weighted by Crippen LogP contribution is -2.42. The van der Waals surface area contributed by atoms with Gasteiger partial charge in [-0.2, -0.15) is 0 Å². The van der Waals surface area contributed by atoms with Crippen molar-refractivity contribution in [3.05, 3.63) is 0 Å². The standard InChI is InChI=1S/C10H22N2O5S/c1-18(15,16)8-3-9(11)10(14)12-4-2-6-17-7-5-13/h9,13H,2-8,11H2,1H3,(H,12,14). The molecule has 0 radical (unpaired) electrons. The smallest absolute Gasteiger partial charge is 0.236 e. The van der Waals surface area contributed by atoms with Crippen molar-refractivity contribution in [2.24, 2.45) is 5.73 Å². The number of rotatable bonds is 10. The average Bonchev–Trinajstić information content (AvgIpc) is 2.29. The third kappa shape index (κ3) is 10.5. The summed E-state index contributed by atoms with van der Waals surface area (Å²) in [6, 6.07) is -0.807. The van der Waals surface area contributed by atoms with E-state index in [2.05, 4.69) is 5.32 Å². The van der Waals surface area contributed by atoms with Crippen molar-refractivity contribution >= 4 is 15.7 Å². The Balaban J connectivity index is 3.62. The maximum absolute atomic E-state index is 11.4. The van der Waals surface area contributed by atoms with Crippen LogP contribution >= 0.6 is 0 Å². The molecule has 0 rings (SSSR count). The summed E-state index contributed by atoms with van der Waals surface area (Å²) < 4.78 is 26.8. The van der Waals surface area contributed by atoms with Crippen molar-refractivity contribution in [2.45, 2.75) is 18.9 Å². The van der Waals surface area contributed by atoms with Crippen LogP contribution < -0.4 is 11.1 Å². The lowest BCUT2D eigenvalue weighted by atomic mass is 10.2. The van der Waals surface area contributed by atoms with Crippen LogP contribution in [0.1, 0.15) is 12.8 Å². The number of amides is 1. The van der Waals surface area contributed by atoms with E-state index in [1.165, 1.54) is 0 Å². The average molecular weight is 282 g/mol. The first-order chi connectivity index (χ1) is 8.37. The van der Waals surface area contributed by atoms with Crippen LogP contribution in [0.3, 0.4) is 0 Å². The summed E-state index contributed by atoms with van der Waals surface area (Å²) in [5.41, 5.74) is 5.55. The SMILES string of the molecule is CS(=O)(=O)CCC(N)C(=O)NCCCOCCO. The van der Waals surface area contributed by atoms with Gasteiger partial charge in [-0.15, -0.1) is 0 Å². The molecule has 8 heteroatoms. The summed E-state index contributed by atoms with van der Waals surface area (Å²) in [6.07, 6.45) is 1.84. The van der Waals surface area contributed by atoms with Gasteiger partial charge in [-0.05, 0) is 12.8 Å². The summed E-state index contributed by atoms with van der Waals surface area (Å²) in [7, 11) is -3.09. The normalized spacial score (nSPS) is 13.3. The van der Waals surface area contributed by atoms with Gasteiger partial charge in [-0.3, -0.25) is 4.79 Å². The van der Waals surface area contributed by atoms with Crippen LogP contribution in [0, 0.1) is 0 Å². The summed E-state index contributed by atoms with van der Waals surface area (Å²) in [5.74, 6) is -0.456. The molecule has 1 amide bonds. The number of hydrogen-bond donors (Lipinski definition) is 3. The molecule has 0 saturated heterocycles. The fourth-order valence-electron chi connectivity index (χ4n) is 1.16. The second-order valence-corrected chi connectivity index (χ2v) is 6.27. The Morgan fingerprint density at radius 3 is 2.67 bits per heavy atom. The Morgan fingerprint density at radius 1 is 1.44 bits per heavy atom. The van der Waals surface area contributed by atoms with Crippen LogP contribution in [-0.4, -0.2) is 63.8 Å². The second kappa shape index (κ2) is 9.26. The summed E-state index contributed by atoms with van der Waals surface area (Å²) in [5, 5.41) is 11.0. The van der Waals surface area contributed by atoms with Gasteiger partial charge in [0, 0.05) is 19.4 Å². The van der Waals surface area contributed by atoms with Crippen LogP contribution in [0.25, 0.3) is 0 Å². The summed E-state index contributed by atoms with van der Waals surface area (Å²) in [6.45, 7) is 1.11. The van der Waals surface area contributed by atoms with Crippen molar-refractivity contribution in [3.8, 4) is 0 Å². The van der Waals surface area contributed by atoms with E-state index in [-0.39, 0.29) is 31.3 Å². The Kier molecular flexibility index (Phi) is 8.90. The quantitative estimate of drug-likeness (QED) is 0.409. The number of carbonyl (C=O) groups is 1. The Bertz CT molecular complexity index is 331. The van der Waals surface area contributed by atoms with Crippen molar-refractivity contribution in [1.82, 2.24) is 5.32 Å². The third-order valence-electron chi connectivity index (χ3n) is 2.14. The number of nitrogens with one attached hydrogen (secondary N) is 1. The Morgan fingerprint density at radius 2 is 2.11 bits per heavy atom. The van der Waals surface area contributed by atoms with Gasteiger partial charge in [0.25, 0.3) is 0 Å². The predicted molar refractivity (Wildman–Crippen MR) is 67.8 cm³/mol. The minimum absolute atomic E-state index is 0.0251. The molecule has 4 N–H and O–H groups in total. The molecule has 1 unspecified atom stereocenters.